The molecule has 0 fully saturated rings. The topological polar surface area (TPSA) is 74.6 Å². The van der Waals surface area contributed by atoms with Gasteiger partial charge in [-0.25, -0.2) is 9.59 Å². The maximum atomic E-state index is 9.73. The van der Waals surface area contributed by atoms with Gasteiger partial charge in [0.1, 0.15) is 0 Å². The van der Waals surface area contributed by atoms with E-state index >= 15 is 0 Å². The number of rotatable bonds is 3. The summed E-state index contributed by atoms with van der Waals surface area (Å²) >= 11 is 0. The van der Waals surface area contributed by atoms with E-state index in [0.717, 1.165) is 12.2 Å². The van der Waals surface area contributed by atoms with Crippen LogP contribution in [0.5, 0.6) is 0 Å². The zero-order chi connectivity index (χ0) is 15.6. The molecule has 2 N–H and O–H groups in total. The van der Waals surface area contributed by atoms with Gasteiger partial charge >= 0.3 is 11.9 Å². The minimum Gasteiger partial charge on any atom is -0.478 e. The highest BCUT2D eigenvalue weighted by Gasteiger charge is 1.79. The van der Waals surface area contributed by atoms with Gasteiger partial charge in [0, 0.05) is 13.5 Å². The molecule has 1 aromatic rings. The molecule has 0 unspecified atom stereocenters. The number of aliphatic carboxylic acids is 2. The summed E-state index contributed by atoms with van der Waals surface area (Å²) in [5, 5.41) is 15.8. The molecule has 0 aliphatic heterocycles. The molecule has 0 aliphatic rings. The summed E-state index contributed by atoms with van der Waals surface area (Å²) in [5.74, 6) is -1.84. The van der Waals surface area contributed by atoms with E-state index in [0.29, 0.717) is 6.42 Å². The molecule has 0 atom stereocenters. The summed E-state index contributed by atoms with van der Waals surface area (Å²) in [4.78, 5) is 19.2. The first-order valence-electron chi connectivity index (χ1n) is 6.29. The summed E-state index contributed by atoms with van der Waals surface area (Å²) < 4.78 is 6.60. The van der Waals surface area contributed by atoms with Crippen LogP contribution in [-0.2, 0) is 9.59 Å². The molecule has 0 saturated heterocycles. The van der Waals surface area contributed by atoms with Crippen LogP contribution >= 0.6 is 0 Å². The van der Waals surface area contributed by atoms with Gasteiger partial charge in [-0.1, -0.05) is 55.5 Å². The lowest BCUT2D eigenvalue weighted by atomic mass is 10.4. The Kier molecular flexibility index (Phi) is 13.7. The Labute approximate surface area is 115 Å². The molecule has 4 nitrogen and oxygen atoms in total. The lowest BCUT2D eigenvalue weighted by Gasteiger charge is -1.73. The van der Waals surface area contributed by atoms with Gasteiger partial charge in [-0.15, -0.1) is 0 Å². The fourth-order valence-electron chi connectivity index (χ4n) is 0.712. The van der Waals surface area contributed by atoms with Crippen LogP contribution in [0.3, 0.4) is 0 Å². The van der Waals surface area contributed by atoms with Crippen LogP contribution in [-0.4, -0.2) is 22.2 Å². The summed E-state index contributed by atoms with van der Waals surface area (Å²) in [7, 11) is 0. The number of hydrogen-bond acceptors (Lipinski definition) is 2. The van der Waals surface area contributed by atoms with E-state index in [9.17, 15) is 9.59 Å². The summed E-state index contributed by atoms with van der Waals surface area (Å²) in [6, 6.07) is 12.0. The number of allylic oxidation sites excluding steroid dienone is 2. The van der Waals surface area contributed by atoms with Gasteiger partial charge < -0.3 is 10.2 Å². The molecular weight excluding hydrogens is 244 g/mol. The normalized spacial score (nSPS) is 9.84. The molecule has 0 heterocycles. The first kappa shape index (κ1) is 16.6. The third kappa shape index (κ3) is 25.7. The van der Waals surface area contributed by atoms with Crippen molar-refractivity contribution in [2.45, 2.75) is 20.2 Å². The molecule has 4 heteroatoms. The Morgan fingerprint density at radius 1 is 1.00 bits per heavy atom. The monoisotopic (exact) mass is 266 g/mol. The highest BCUT2D eigenvalue weighted by Crippen LogP contribution is 1.80. The molecule has 0 aliphatic carbocycles. The molecule has 0 aromatic heterocycles. The first-order chi connectivity index (χ1) is 9.54. The number of hydrogen-bond donors (Lipinski definition) is 2. The molecule has 19 heavy (non-hydrogen) atoms. The lowest BCUT2D eigenvalue weighted by Crippen LogP contribution is -1.84. The maximum absolute atomic E-state index is 9.73. The predicted molar refractivity (Wildman–Crippen MR) is 76.0 cm³/mol. The fourth-order valence-corrected chi connectivity index (χ4v) is 0.712. The zero-order valence-corrected chi connectivity index (χ0v) is 10.9. The molecule has 1 aromatic carbocycles. The third-order valence-electron chi connectivity index (χ3n) is 1.40. The van der Waals surface area contributed by atoms with Gasteiger partial charge in [0.05, 0.1) is 0 Å². The molecule has 1 rings (SSSR count). The average molecular weight is 266 g/mol. The van der Waals surface area contributed by atoms with E-state index in [1.807, 2.05) is 36.4 Å². The standard InChI is InChI=1S/C6H6.C5H8O2.C4H6O2/c1-2-4-6-5-3-1;1-2-3-4-5(6)7;1-2-3-4(5)6/h1-6H;3-4H,2H2,1H3,(H,6,7);2-3H,1H3,(H,5,6)/i;1T;. The Hall–Kier alpha value is -2.36. The van der Waals surface area contributed by atoms with Gasteiger partial charge in [0.25, 0.3) is 0 Å². The number of benzene rings is 1. The maximum Gasteiger partial charge on any atom is 0.327 e. The largest absolute Gasteiger partial charge is 0.478 e. The second-order valence-electron chi connectivity index (χ2n) is 3.02. The van der Waals surface area contributed by atoms with Crippen molar-refractivity contribution in [2.24, 2.45) is 0 Å². The summed E-state index contributed by atoms with van der Waals surface area (Å²) in [6.45, 7) is 1.91. The minimum atomic E-state index is -0.946. The second kappa shape index (κ2) is 15.6. The Balaban J connectivity index is 0. The van der Waals surface area contributed by atoms with Crippen molar-refractivity contribution >= 4 is 11.9 Å². The molecule has 0 radical (unpaired) electrons. The predicted octanol–water partition coefficient (Wildman–Crippen LogP) is 3.37. The summed E-state index contributed by atoms with van der Waals surface area (Å²) in [6.07, 6.45) is 5.60. The van der Waals surface area contributed by atoms with E-state index in [-0.39, 0.29) is 6.90 Å². The average Bonchev–Trinajstić information content (AvgIpc) is 2.42. The number of carboxylic acid groups (broad SMARTS) is 2. The van der Waals surface area contributed by atoms with Crippen LogP contribution in [0.15, 0.2) is 60.7 Å². The zero-order valence-electron chi connectivity index (χ0n) is 11.9. The smallest absolute Gasteiger partial charge is 0.327 e. The number of carbonyl (C=O) groups is 2. The third-order valence-corrected chi connectivity index (χ3v) is 1.40. The number of carboxylic acids is 2. The molecule has 0 bridgehead atoms. The van der Waals surface area contributed by atoms with Gasteiger partial charge in [-0.3, -0.25) is 0 Å². The highest BCUT2D eigenvalue weighted by molar-refractivity contribution is 5.79. The highest BCUT2D eigenvalue weighted by atomic mass is 16.4. The van der Waals surface area contributed by atoms with Crippen molar-refractivity contribution in [1.29, 1.82) is 0 Å². The molecule has 0 spiro atoms. The van der Waals surface area contributed by atoms with E-state index in [4.69, 9.17) is 11.6 Å². The first-order valence-corrected chi connectivity index (χ1v) is 5.59. The van der Waals surface area contributed by atoms with Gasteiger partial charge in [-0.05, 0) is 13.3 Å². The van der Waals surface area contributed by atoms with Gasteiger partial charge in [0.2, 0.25) is 0 Å². The summed E-state index contributed by atoms with van der Waals surface area (Å²) in [5.41, 5.74) is 0. The Morgan fingerprint density at radius 2 is 1.42 bits per heavy atom. The minimum absolute atomic E-state index is 0.254. The van der Waals surface area contributed by atoms with Gasteiger partial charge in [0.15, 0.2) is 0 Å². The van der Waals surface area contributed by atoms with Gasteiger partial charge in [-0.2, -0.15) is 0 Å². The van der Waals surface area contributed by atoms with Crippen LogP contribution in [0.25, 0.3) is 0 Å². The van der Waals surface area contributed by atoms with Crippen LogP contribution in [0, 0.1) is 0 Å². The molecule has 0 saturated carbocycles. The van der Waals surface area contributed by atoms with Crippen molar-refractivity contribution in [3.05, 3.63) is 60.7 Å². The van der Waals surface area contributed by atoms with E-state index < -0.39 is 11.9 Å². The van der Waals surface area contributed by atoms with Crippen molar-refractivity contribution in [3.8, 4) is 0 Å². The van der Waals surface area contributed by atoms with Crippen molar-refractivity contribution in [3.63, 3.8) is 0 Å². The van der Waals surface area contributed by atoms with Crippen LogP contribution in [0.4, 0.5) is 0 Å². The van der Waals surface area contributed by atoms with E-state index in [1.165, 1.54) is 12.2 Å². The second-order valence-corrected chi connectivity index (χ2v) is 3.02. The molecular formula is C15H20O4. The van der Waals surface area contributed by atoms with Crippen LogP contribution in [0.2, 0.25) is 0 Å². The van der Waals surface area contributed by atoms with E-state index in [1.54, 1.807) is 6.92 Å². The quantitative estimate of drug-likeness (QED) is 0.822. The van der Waals surface area contributed by atoms with Crippen molar-refractivity contribution in [1.82, 2.24) is 0 Å². The fraction of sp³-hybridized carbons (Fsp3) is 0.200. The molecule has 104 valence electrons. The molecule has 0 amide bonds. The van der Waals surface area contributed by atoms with Crippen molar-refractivity contribution in [2.75, 3.05) is 0 Å². The van der Waals surface area contributed by atoms with Crippen molar-refractivity contribution < 1.29 is 21.2 Å². The van der Waals surface area contributed by atoms with E-state index in [2.05, 4.69) is 0 Å². The van der Waals surface area contributed by atoms with Crippen LogP contribution in [0.1, 0.15) is 21.6 Å². The van der Waals surface area contributed by atoms with Crippen LogP contribution < -0.4 is 0 Å². The SMILES string of the molecule is CC=CC(=O)O.[3H]CCC=CC(=O)O.c1ccccc1. The Bertz CT molecular complexity index is 373. The lowest BCUT2D eigenvalue weighted by molar-refractivity contribution is -0.132. The Morgan fingerprint density at radius 3 is 1.63 bits per heavy atom.